The van der Waals surface area contributed by atoms with Crippen molar-refractivity contribution in [3.8, 4) is 11.5 Å². The number of ether oxygens (including phenoxy) is 2. The molecule has 0 saturated carbocycles. The van der Waals surface area contributed by atoms with Crippen molar-refractivity contribution in [1.29, 1.82) is 0 Å². The third-order valence-corrected chi connectivity index (χ3v) is 4.95. The highest BCUT2D eigenvalue weighted by Gasteiger charge is 2.16. The molecule has 0 aliphatic carbocycles. The van der Waals surface area contributed by atoms with Gasteiger partial charge in [0.15, 0.2) is 0 Å². The Morgan fingerprint density at radius 2 is 1.59 bits per heavy atom. The lowest BCUT2D eigenvalue weighted by Crippen LogP contribution is -2.20. The minimum atomic E-state index is -0.483. The minimum absolute atomic E-state index is 0.264. The van der Waals surface area contributed by atoms with Gasteiger partial charge in [0.25, 0.3) is 5.91 Å². The number of nitrogens with one attached hydrogen (secondary N) is 3. The number of methoxy groups -OCH3 is 2. The van der Waals surface area contributed by atoms with Crippen molar-refractivity contribution in [2.45, 2.75) is 0 Å². The van der Waals surface area contributed by atoms with E-state index in [1.165, 1.54) is 25.6 Å². The molecular weight excluding hydrogens is 414 g/mol. The van der Waals surface area contributed by atoms with Crippen LogP contribution in [-0.4, -0.2) is 26.2 Å². The molecule has 0 radical (unpaired) electrons. The molecule has 0 saturated heterocycles. The Morgan fingerprint density at radius 3 is 2.17 bits per heavy atom. The molecule has 0 aliphatic heterocycles. The highest BCUT2D eigenvalue weighted by atomic mass is 35.5. The Bertz CT molecular complexity index is 1020. The van der Waals surface area contributed by atoms with Crippen LogP contribution in [0.4, 0.5) is 21.9 Å². The average Bonchev–Trinajstić information content (AvgIpc) is 3.23. The van der Waals surface area contributed by atoms with Gasteiger partial charge in [-0.1, -0.05) is 23.7 Å². The second-order valence-corrected chi connectivity index (χ2v) is 7.16. The highest BCUT2D eigenvalue weighted by molar-refractivity contribution is 7.12. The SMILES string of the molecule is COc1cc(NC(=O)c2cccs2)c(OC)cc1NC(=O)Nc1cccc(Cl)c1. The van der Waals surface area contributed by atoms with Crippen molar-refractivity contribution >= 4 is 51.9 Å². The zero-order valence-corrected chi connectivity index (χ0v) is 17.2. The van der Waals surface area contributed by atoms with E-state index in [0.717, 1.165) is 0 Å². The number of halogens is 1. The van der Waals surface area contributed by atoms with Crippen LogP contribution in [0, 0.1) is 0 Å². The lowest BCUT2D eigenvalue weighted by molar-refractivity contribution is 0.103. The fourth-order valence-electron chi connectivity index (χ4n) is 2.54. The Morgan fingerprint density at radius 1 is 0.897 bits per heavy atom. The van der Waals surface area contributed by atoms with Crippen LogP contribution in [0.5, 0.6) is 11.5 Å². The molecule has 3 N–H and O–H groups in total. The summed E-state index contributed by atoms with van der Waals surface area (Å²) in [6.07, 6.45) is 0. The first-order chi connectivity index (χ1) is 14.0. The largest absolute Gasteiger partial charge is 0.494 e. The van der Waals surface area contributed by atoms with Crippen LogP contribution in [0.3, 0.4) is 0 Å². The van der Waals surface area contributed by atoms with Gasteiger partial charge in [-0.05, 0) is 29.6 Å². The number of hydrogen-bond acceptors (Lipinski definition) is 5. The van der Waals surface area contributed by atoms with E-state index in [1.807, 2.05) is 5.38 Å². The summed E-state index contributed by atoms with van der Waals surface area (Å²) in [5.41, 5.74) is 1.34. The smallest absolute Gasteiger partial charge is 0.323 e. The fraction of sp³-hybridized carbons (Fsp3) is 0.100. The summed E-state index contributed by atoms with van der Waals surface area (Å²) in [5.74, 6) is 0.460. The first-order valence-electron chi connectivity index (χ1n) is 8.44. The van der Waals surface area contributed by atoms with Crippen molar-refractivity contribution in [3.63, 3.8) is 0 Å². The number of benzene rings is 2. The van der Waals surface area contributed by atoms with Gasteiger partial charge < -0.3 is 25.4 Å². The van der Waals surface area contributed by atoms with Gasteiger partial charge in [-0.2, -0.15) is 0 Å². The Kier molecular flexibility index (Phi) is 6.58. The van der Waals surface area contributed by atoms with Crippen molar-refractivity contribution in [1.82, 2.24) is 0 Å². The van der Waals surface area contributed by atoms with Crippen molar-refractivity contribution < 1.29 is 19.1 Å². The topological polar surface area (TPSA) is 88.7 Å². The van der Waals surface area contributed by atoms with Crippen molar-refractivity contribution in [2.24, 2.45) is 0 Å². The summed E-state index contributed by atoms with van der Waals surface area (Å²) in [4.78, 5) is 25.3. The molecule has 29 heavy (non-hydrogen) atoms. The lowest BCUT2D eigenvalue weighted by atomic mass is 10.2. The van der Waals surface area contributed by atoms with Crippen LogP contribution >= 0.6 is 22.9 Å². The number of rotatable bonds is 6. The maximum Gasteiger partial charge on any atom is 0.323 e. The van der Waals surface area contributed by atoms with E-state index in [0.29, 0.717) is 38.5 Å². The monoisotopic (exact) mass is 431 g/mol. The van der Waals surface area contributed by atoms with Gasteiger partial charge >= 0.3 is 6.03 Å². The molecule has 150 valence electrons. The molecular formula is C20H18ClN3O4S. The minimum Gasteiger partial charge on any atom is -0.494 e. The number of urea groups is 1. The van der Waals surface area contributed by atoms with Gasteiger partial charge in [0.05, 0.1) is 30.5 Å². The molecule has 3 rings (SSSR count). The normalized spacial score (nSPS) is 10.2. The summed E-state index contributed by atoms with van der Waals surface area (Å²) in [5, 5.41) is 10.5. The summed E-state index contributed by atoms with van der Waals surface area (Å²) in [6, 6.07) is 13.0. The molecule has 0 atom stereocenters. The lowest BCUT2D eigenvalue weighted by Gasteiger charge is -2.16. The van der Waals surface area contributed by atoms with Crippen LogP contribution in [0.15, 0.2) is 53.9 Å². The van der Waals surface area contributed by atoms with Gasteiger partial charge in [-0.3, -0.25) is 4.79 Å². The molecule has 1 heterocycles. The Hall–Kier alpha value is -3.23. The molecule has 2 aromatic carbocycles. The molecule has 0 bridgehead atoms. The van der Waals surface area contributed by atoms with Crippen molar-refractivity contribution in [2.75, 3.05) is 30.2 Å². The maximum absolute atomic E-state index is 12.3. The predicted molar refractivity (Wildman–Crippen MR) is 116 cm³/mol. The van der Waals surface area contributed by atoms with E-state index in [-0.39, 0.29) is 5.91 Å². The van der Waals surface area contributed by atoms with Crippen molar-refractivity contribution in [3.05, 3.63) is 63.8 Å². The number of anilines is 3. The molecule has 0 spiro atoms. The molecule has 9 heteroatoms. The Balaban J connectivity index is 1.80. The highest BCUT2D eigenvalue weighted by Crippen LogP contribution is 2.37. The number of hydrogen-bond donors (Lipinski definition) is 3. The summed E-state index contributed by atoms with van der Waals surface area (Å²) in [6.45, 7) is 0. The summed E-state index contributed by atoms with van der Waals surface area (Å²) in [7, 11) is 2.94. The third-order valence-electron chi connectivity index (χ3n) is 3.85. The van der Waals surface area contributed by atoms with Gasteiger partial charge in [-0.15, -0.1) is 11.3 Å². The van der Waals surface area contributed by atoms with E-state index in [1.54, 1.807) is 48.5 Å². The summed E-state index contributed by atoms with van der Waals surface area (Å²) < 4.78 is 10.7. The standard InChI is InChI=1S/C20H18ClN3O4S/c1-27-16-11-15(24-20(26)22-13-6-3-5-12(21)9-13)17(28-2)10-14(16)23-19(25)18-7-4-8-29-18/h3-11H,1-2H3,(H,23,25)(H2,22,24,26). The molecule has 1 aromatic heterocycles. The van der Waals surface area contributed by atoms with Gasteiger partial charge in [0.2, 0.25) is 0 Å². The fourth-order valence-corrected chi connectivity index (χ4v) is 3.34. The third kappa shape index (κ3) is 5.18. The molecule has 7 nitrogen and oxygen atoms in total. The van der Waals surface area contributed by atoms with E-state index in [9.17, 15) is 9.59 Å². The summed E-state index contributed by atoms with van der Waals surface area (Å²) >= 11 is 7.26. The van der Waals surface area contributed by atoms with Gasteiger partial charge in [0, 0.05) is 22.8 Å². The number of carbonyl (C=O) groups excluding carboxylic acids is 2. The molecule has 0 aliphatic rings. The predicted octanol–water partition coefficient (Wildman–Crippen LogP) is 5.32. The average molecular weight is 432 g/mol. The number of carbonyl (C=O) groups is 2. The second-order valence-electron chi connectivity index (χ2n) is 5.77. The van der Waals surface area contributed by atoms with Crippen LogP contribution in [0.1, 0.15) is 9.67 Å². The first kappa shape index (κ1) is 20.5. The van der Waals surface area contributed by atoms with E-state index < -0.39 is 6.03 Å². The van der Waals surface area contributed by atoms with Gasteiger partial charge in [0.1, 0.15) is 11.5 Å². The van der Waals surface area contributed by atoms with E-state index in [4.69, 9.17) is 21.1 Å². The van der Waals surface area contributed by atoms with Gasteiger partial charge in [-0.25, -0.2) is 4.79 Å². The zero-order valence-electron chi connectivity index (χ0n) is 15.6. The maximum atomic E-state index is 12.3. The van der Waals surface area contributed by atoms with Crippen LogP contribution in [-0.2, 0) is 0 Å². The molecule has 0 unspecified atom stereocenters. The zero-order chi connectivity index (χ0) is 20.8. The number of thiophene rings is 1. The second kappa shape index (κ2) is 9.31. The van der Waals surface area contributed by atoms with E-state index in [2.05, 4.69) is 16.0 Å². The molecule has 0 fully saturated rings. The molecule has 3 amide bonds. The quantitative estimate of drug-likeness (QED) is 0.493. The van der Waals surface area contributed by atoms with Crippen LogP contribution < -0.4 is 25.4 Å². The number of amides is 3. The van der Waals surface area contributed by atoms with Crippen LogP contribution in [0.25, 0.3) is 0 Å². The Labute approximate surface area is 176 Å². The first-order valence-corrected chi connectivity index (χ1v) is 9.70. The molecule has 3 aromatic rings. The van der Waals surface area contributed by atoms with E-state index >= 15 is 0 Å². The van der Waals surface area contributed by atoms with Crippen LogP contribution in [0.2, 0.25) is 5.02 Å².